The van der Waals surface area contributed by atoms with Gasteiger partial charge in [-0.1, -0.05) is 47.6 Å². The molecular formula is C28H20ClN3O4S. The summed E-state index contributed by atoms with van der Waals surface area (Å²) in [6.45, 7) is 0.0197. The summed E-state index contributed by atoms with van der Waals surface area (Å²) in [4.78, 5) is 41.4. The van der Waals surface area contributed by atoms with Crippen LogP contribution >= 0.6 is 23.4 Å². The number of nitrogens with zero attached hydrogens (tertiary/aromatic N) is 1. The lowest BCUT2D eigenvalue weighted by molar-refractivity contribution is -0.138. The number of imide groups is 1. The van der Waals surface area contributed by atoms with Crippen molar-refractivity contribution < 1.29 is 18.8 Å². The summed E-state index contributed by atoms with van der Waals surface area (Å²) >= 11 is 7.06. The summed E-state index contributed by atoms with van der Waals surface area (Å²) in [5.41, 5.74) is 1.88. The fourth-order valence-corrected chi connectivity index (χ4v) is 4.82. The predicted octanol–water partition coefficient (Wildman–Crippen LogP) is 6.17. The molecule has 0 unspecified atom stereocenters. The number of carbonyl (C=O) groups is 3. The second kappa shape index (κ2) is 10.8. The first-order chi connectivity index (χ1) is 18.0. The molecule has 0 radical (unpaired) electrons. The van der Waals surface area contributed by atoms with Crippen LogP contribution in [-0.2, 0) is 16.1 Å². The number of para-hydroxylation sites is 1. The Kier molecular flexibility index (Phi) is 7.11. The Morgan fingerprint density at radius 1 is 0.865 bits per heavy atom. The Morgan fingerprint density at radius 3 is 2.35 bits per heavy atom. The number of nitrogens with one attached hydrogen (secondary N) is 2. The molecule has 7 nitrogen and oxygen atoms in total. The molecule has 9 heteroatoms. The number of hydrogen-bond acceptors (Lipinski definition) is 6. The van der Waals surface area contributed by atoms with E-state index in [1.165, 1.54) is 6.26 Å². The molecule has 0 spiro atoms. The quantitative estimate of drug-likeness (QED) is 0.265. The molecule has 0 saturated carbocycles. The minimum absolute atomic E-state index is 0.0197. The van der Waals surface area contributed by atoms with Crippen LogP contribution in [0.25, 0.3) is 0 Å². The van der Waals surface area contributed by atoms with E-state index in [9.17, 15) is 14.4 Å². The molecule has 37 heavy (non-hydrogen) atoms. The van der Waals surface area contributed by atoms with Crippen molar-refractivity contribution in [2.45, 2.75) is 11.4 Å². The van der Waals surface area contributed by atoms with Gasteiger partial charge in [-0.25, -0.2) is 0 Å². The summed E-state index contributed by atoms with van der Waals surface area (Å²) in [5.74, 6) is -0.666. The highest BCUT2D eigenvalue weighted by Crippen LogP contribution is 2.37. The van der Waals surface area contributed by atoms with E-state index in [0.29, 0.717) is 32.6 Å². The number of benzene rings is 3. The largest absolute Gasteiger partial charge is 0.467 e. The summed E-state index contributed by atoms with van der Waals surface area (Å²) in [6.07, 6.45) is 1.50. The molecule has 4 aromatic rings. The summed E-state index contributed by atoms with van der Waals surface area (Å²) in [5, 5.41) is 6.50. The van der Waals surface area contributed by atoms with Crippen molar-refractivity contribution in [1.29, 1.82) is 0 Å². The number of furan rings is 1. The van der Waals surface area contributed by atoms with Crippen LogP contribution in [0.2, 0.25) is 5.02 Å². The number of amides is 3. The first kappa shape index (κ1) is 24.4. The second-order valence-corrected chi connectivity index (χ2v) is 9.58. The third-order valence-electron chi connectivity index (χ3n) is 5.48. The molecule has 0 saturated heterocycles. The van der Waals surface area contributed by atoms with Crippen LogP contribution in [0.15, 0.2) is 117 Å². The Morgan fingerprint density at radius 2 is 1.62 bits per heavy atom. The van der Waals surface area contributed by atoms with Crippen LogP contribution in [0, 0.1) is 0 Å². The number of carbonyl (C=O) groups excluding carboxylic acids is 3. The van der Waals surface area contributed by atoms with Gasteiger partial charge in [0, 0.05) is 26.9 Å². The summed E-state index contributed by atoms with van der Waals surface area (Å²) < 4.78 is 5.36. The van der Waals surface area contributed by atoms with Crippen LogP contribution < -0.4 is 10.6 Å². The third-order valence-corrected chi connectivity index (χ3v) is 6.81. The van der Waals surface area contributed by atoms with Gasteiger partial charge in [-0.05, 0) is 66.7 Å². The van der Waals surface area contributed by atoms with Gasteiger partial charge in [-0.2, -0.15) is 0 Å². The smallest absolute Gasteiger partial charge is 0.278 e. The van der Waals surface area contributed by atoms with Gasteiger partial charge in [0.05, 0.1) is 12.8 Å². The summed E-state index contributed by atoms with van der Waals surface area (Å²) in [6, 6.07) is 26.2. The van der Waals surface area contributed by atoms with Crippen molar-refractivity contribution in [3.05, 3.63) is 124 Å². The van der Waals surface area contributed by atoms with Crippen LogP contribution in [-0.4, -0.2) is 22.6 Å². The lowest BCUT2D eigenvalue weighted by Gasteiger charge is -2.13. The van der Waals surface area contributed by atoms with Crippen molar-refractivity contribution in [2.75, 3.05) is 10.6 Å². The molecule has 184 valence electrons. The predicted molar refractivity (Wildman–Crippen MR) is 143 cm³/mol. The molecule has 3 aromatic carbocycles. The maximum absolute atomic E-state index is 13.4. The fraction of sp³-hybridized carbons (Fsp3) is 0.0357. The van der Waals surface area contributed by atoms with Crippen LogP contribution in [0.3, 0.4) is 0 Å². The van der Waals surface area contributed by atoms with Crippen LogP contribution in [0.1, 0.15) is 16.1 Å². The number of thioether (sulfide) groups is 1. The second-order valence-electron chi connectivity index (χ2n) is 8.06. The van der Waals surface area contributed by atoms with Gasteiger partial charge >= 0.3 is 0 Å². The zero-order valence-corrected chi connectivity index (χ0v) is 20.9. The summed E-state index contributed by atoms with van der Waals surface area (Å²) in [7, 11) is 0. The number of hydrogen-bond donors (Lipinski definition) is 2. The van der Waals surface area contributed by atoms with E-state index in [0.717, 1.165) is 16.7 Å². The van der Waals surface area contributed by atoms with E-state index >= 15 is 0 Å². The van der Waals surface area contributed by atoms with Gasteiger partial charge in [-0.15, -0.1) is 0 Å². The van der Waals surface area contributed by atoms with Gasteiger partial charge < -0.3 is 15.1 Å². The lowest BCUT2D eigenvalue weighted by Crippen LogP contribution is -2.31. The normalized spacial score (nSPS) is 13.3. The van der Waals surface area contributed by atoms with Gasteiger partial charge in [0.2, 0.25) is 0 Å². The van der Waals surface area contributed by atoms with E-state index in [1.807, 2.05) is 36.4 Å². The molecule has 2 N–H and O–H groups in total. The minimum Gasteiger partial charge on any atom is -0.467 e. The zero-order chi connectivity index (χ0) is 25.8. The van der Waals surface area contributed by atoms with Crippen LogP contribution in [0.5, 0.6) is 0 Å². The number of rotatable bonds is 8. The van der Waals surface area contributed by atoms with E-state index < -0.39 is 11.8 Å². The molecule has 0 bridgehead atoms. The molecule has 0 atom stereocenters. The highest BCUT2D eigenvalue weighted by atomic mass is 35.5. The van der Waals surface area contributed by atoms with Gasteiger partial charge in [0.15, 0.2) is 0 Å². The molecule has 1 aliphatic rings. The third kappa shape index (κ3) is 5.61. The zero-order valence-electron chi connectivity index (χ0n) is 19.3. The van der Waals surface area contributed by atoms with Crippen molar-refractivity contribution in [3.8, 4) is 0 Å². The van der Waals surface area contributed by atoms with E-state index in [1.54, 1.807) is 54.6 Å². The Bertz CT molecular complexity index is 1490. The molecule has 3 amide bonds. The monoisotopic (exact) mass is 529 g/mol. The first-order valence-electron chi connectivity index (χ1n) is 11.3. The minimum atomic E-state index is -0.444. The molecule has 2 heterocycles. The number of anilines is 2. The topological polar surface area (TPSA) is 91.7 Å². The van der Waals surface area contributed by atoms with Gasteiger partial charge in [0.1, 0.15) is 16.4 Å². The van der Waals surface area contributed by atoms with Crippen LogP contribution in [0.4, 0.5) is 11.4 Å². The van der Waals surface area contributed by atoms with Crippen molar-refractivity contribution in [1.82, 2.24) is 4.90 Å². The average molecular weight is 530 g/mol. The maximum Gasteiger partial charge on any atom is 0.278 e. The van der Waals surface area contributed by atoms with Crippen molar-refractivity contribution in [3.63, 3.8) is 0 Å². The van der Waals surface area contributed by atoms with E-state index in [-0.39, 0.29) is 23.1 Å². The van der Waals surface area contributed by atoms with Gasteiger partial charge in [-0.3, -0.25) is 19.3 Å². The molecule has 1 aromatic heterocycles. The molecule has 0 fully saturated rings. The lowest BCUT2D eigenvalue weighted by atomic mass is 10.2. The molecule has 0 aliphatic carbocycles. The fourth-order valence-electron chi connectivity index (χ4n) is 3.69. The molecular weight excluding hydrogens is 510 g/mol. The average Bonchev–Trinajstić information content (AvgIpc) is 3.49. The Hall–Kier alpha value is -4.27. The highest BCUT2D eigenvalue weighted by Gasteiger charge is 2.39. The SMILES string of the molecule is O=C(Nc1cccc(SC2=C(Nc3ccccc3)C(=O)N(Cc3ccco3)C2=O)c1)c1ccc(Cl)cc1. The van der Waals surface area contributed by atoms with Crippen molar-refractivity contribution in [2.24, 2.45) is 0 Å². The first-order valence-corrected chi connectivity index (χ1v) is 12.5. The standard InChI is InChI=1S/C28H20ClN3O4S/c29-19-13-11-18(12-14-19)26(33)31-21-8-4-10-23(16-21)37-25-24(30-20-6-2-1-3-7-20)27(34)32(28(25)35)17-22-9-5-15-36-22/h1-16,30H,17H2,(H,31,33). The number of halogens is 1. The Balaban J connectivity index is 1.40. The van der Waals surface area contributed by atoms with Crippen molar-refractivity contribution >= 4 is 52.5 Å². The van der Waals surface area contributed by atoms with E-state index in [2.05, 4.69) is 10.6 Å². The van der Waals surface area contributed by atoms with E-state index in [4.69, 9.17) is 16.0 Å². The maximum atomic E-state index is 13.4. The molecule has 1 aliphatic heterocycles. The van der Waals surface area contributed by atoms with Gasteiger partial charge in [0.25, 0.3) is 17.7 Å². The highest BCUT2D eigenvalue weighted by molar-refractivity contribution is 8.04. The Labute approximate surface area is 222 Å². The molecule has 5 rings (SSSR count).